The smallest absolute Gasteiger partial charge is 0.254 e. The second kappa shape index (κ2) is 9.78. The van der Waals surface area contributed by atoms with Gasteiger partial charge in [0.1, 0.15) is 5.82 Å². The number of carbonyl (C=O) groups is 1. The quantitative estimate of drug-likeness (QED) is 0.629. The number of amides is 1. The van der Waals surface area contributed by atoms with Gasteiger partial charge in [0.15, 0.2) is 0 Å². The van der Waals surface area contributed by atoms with Gasteiger partial charge >= 0.3 is 0 Å². The van der Waals surface area contributed by atoms with E-state index >= 15 is 0 Å². The summed E-state index contributed by atoms with van der Waals surface area (Å²) in [4.78, 5) is 23.2. The van der Waals surface area contributed by atoms with Crippen LogP contribution in [0.25, 0.3) is 0 Å². The second-order valence-electron chi connectivity index (χ2n) is 7.08. The van der Waals surface area contributed by atoms with Crippen LogP contribution in [0.2, 0.25) is 0 Å². The van der Waals surface area contributed by atoms with Gasteiger partial charge in [-0.1, -0.05) is 48.5 Å². The molecule has 6 heteroatoms. The van der Waals surface area contributed by atoms with E-state index in [1.54, 1.807) is 18.2 Å². The summed E-state index contributed by atoms with van der Waals surface area (Å²) in [7, 11) is 0. The minimum atomic E-state index is -0.271. The fourth-order valence-electron chi connectivity index (χ4n) is 2.97. The summed E-state index contributed by atoms with van der Waals surface area (Å²) in [6, 6.07) is 16.9. The Hall–Kier alpha value is -3.28. The minimum absolute atomic E-state index is 0.204. The molecule has 1 amide bonds. The number of nitrogens with one attached hydrogen (secondary N) is 1. The molecule has 1 N–H and O–H groups in total. The van der Waals surface area contributed by atoms with Crippen LogP contribution in [0, 0.1) is 5.82 Å². The van der Waals surface area contributed by atoms with E-state index in [0.29, 0.717) is 36.6 Å². The summed E-state index contributed by atoms with van der Waals surface area (Å²) in [5.74, 6) is 0.0421. The molecule has 0 aliphatic heterocycles. The molecule has 0 atom stereocenters. The van der Waals surface area contributed by atoms with Crippen LogP contribution in [-0.2, 0) is 13.0 Å². The van der Waals surface area contributed by atoms with Crippen LogP contribution < -0.4 is 10.2 Å². The molecule has 29 heavy (non-hydrogen) atoms. The number of rotatable bonds is 8. The maximum Gasteiger partial charge on any atom is 0.254 e. The molecule has 0 aliphatic carbocycles. The number of aromatic nitrogens is 2. The number of benzene rings is 2. The number of hydrogen-bond donors (Lipinski definition) is 1. The second-order valence-corrected chi connectivity index (χ2v) is 7.08. The van der Waals surface area contributed by atoms with Crippen molar-refractivity contribution < 1.29 is 9.18 Å². The molecular weight excluding hydrogens is 367 g/mol. The lowest BCUT2D eigenvalue weighted by molar-refractivity contribution is 0.0953. The lowest BCUT2D eigenvalue weighted by Crippen LogP contribution is -2.32. The molecule has 5 nitrogen and oxygen atoms in total. The van der Waals surface area contributed by atoms with Crippen molar-refractivity contribution in [2.24, 2.45) is 0 Å². The number of carbonyl (C=O) groups excluding carboxylic acids is 1. The Morgan fingerprint density at radius 2 is 1.69 bits per heavy atom. The van der Waals surface area contributed by atoms with Crippen molar-refractivity contribution in [2.45, 2.75) is 32.9 Å². The van der Waals surface area contributed by atoms with Crippen molar-refractivity contribution >= 4 is 11.9 Å². The summed E-state index contributed by atoms with van der Waals surface area (Å²) in [5, 5.41) is 2.79. The van der Waals surface area contributed by atoms with Crippen LogP contribution in [-0.4, -0.2) is 28.5 Å². The predicted molar refractivity (Wildman–Crippen MR) is 112 cm³/mol. The zero-order valence-corrected chi connectivity index (χ0v) is 16.7. The number of nitrogens with zero attached hydrogens (tertiary/aromatic N) is 3. The Kier molecular flexibility index (Phi) is 6.89. The molecular formula is C23H25FN4O. The first-order chi connectivity index (χ1) is 14.0. The van der Waals surface area contributed by atoms with Crippen LogP contribution in [0.15, 0.2) is 67.0 Å². The molecule has 3 aromatic rings. The van der Waals surface area contributed by atoms with Crippen LogP contribution in [0.1, 0.15) is 35.3 Å². The topological polar surface area (TPSA) is 58.1 Å². The Bertz CT molecular complexity index is 929. The fraction of sp³-hybridized carbons (Fsp3) is 0.261. The lowest BCUT2D eigenvalue weighted by Gasteiger charge is -2.26. The number of hydrogen-bond acceptors (Lipinski definition) is 4. The molecule has 3 rings (SSSR count). The first kappa shape index (κ1) is 20.5. The predicted octanol–water partition coefficient (Wildman–Crippen LogP) is 4.00. The minimum Gasteiger partial charge on any atom is -0.352 e. The Morgan fingerprint density at radius 3 is 2.34 bits per heavy atom. The van der Waals surface area contributed by atoms with Gasteiger partial charge in [-0.15, -0.1) is 0 Å². The SMILES string of the molecule is CC(C)N(Cc1ccccc1)c1ncc(C(=O)NCCc2ccccc2F)cn1. The van der Waals surface area contributed by atoms with Crippen LogP contribution in [0.3, 0.4) is 0 Å². The highest BCUT2D eigenvalue weighted by Crippen LogP contribution is 2.15. The van der Waals surface area contributed by atoms with Crippen molar-refractivity contribution in [3.8, 4) is 0 Å². The highest BCUT2D eigenvalue weighted by atomic mass is 19.1. The van der Waals surface area contributed by atoms with Gasteiger partial charge in [0, 0.05) is 31.5 Å². The average Bonchev–Trinajstić information content (AvgIpc) is 2.74. The molecule has 0 bridgehead atoms. The maximum absolute atomic E-state index is 13.6. The highest BCUT2D eigenvalue weighted by Gasteiger charge is 2.15. The Morgan fingerprint density at radius 1 is 1.03 bits per heavy atom. The summed E-state index contributed by atoms with van der Waals surface area (Å²) in [6.07, 6.45) is 3.48. The third-order valence-corrected chi connectivity index (χ3v) is 4.61. The molecule has 0 spiro atoms. The van der Waals surface area contributed by atoms with Gasteiger partial charge < -0.3 is 10.2 Å². The van der Waals surface area contributed by atoms with Crippen LogP contribution in [0.5, 0.6) is 0 Å². The van der Waals surface area contributed by atoms with Gasteiger partial charge in [-0.25, -0.2) is 14.4 Å². The Balaban J connectivity index is 1.60. The van der Waals surface area contributed by atoms with Gasteiger partial charge in [0.2, 0.25) is 5.95 Å². The van der Waals surface area contributed by atoms with Crippen molar-refractivity contribution in [1.29, 1.82) is 0 Å². The molecule has 0 fully saturated rings. The van der Waals surface area contributed by atoms with E-state index in [2.05, 4.69) is 46.2 Å². The monoisotopic (exact) mass is 392 g/mol. The fourth-order valence-corrected chi connectivity index (χ4v) is 2.97. The largest absolute Gasteiger partial charge is 0.352 e. The van der Waals surface area contributed by atoms with Gasteiger partial charge in [0.25, 0.3) is 5.91 Å². The highest BCUT2D eigenvalue weighted by molar-refractivity contribution is 5.93. The summed E-state index contributed by atoms with van der Waals surface area (Å²) < 4.78 is 13.6. The third-order valence-electron chi connectivity index (χ3n) is 4.61. The summed E-state index contributed by atoms with van der Waals surface area (Å²) in [5.41, 5.74) is 2.12. The zero-order valence-electron chi connectivity index (χ0n) is 16.7. The number of halogens is 1. The molecule has 2 aromatic carbocycles. The molecule has 0 unspecified atom stereocenters. The van der Waals surface area contributed by atoms with Crippen molar-refractivity contribution in [2.75, 3.05) is 11.4 Å². The molecule has 0 saturated heterocycles. The Labute approximate surface area is 170 Å². The van der Waals surface area contributed by atoms with E-state index < -0.39 is 0 Å². The first-order valence-corrected chi connectivity index (χ1v) is 9.69. The van der Waals surface area contributed by atoms with Gasteiger partial charge in [-0.3, -0.25) is 4.79 Å². The van der Waals surface area contributed by atoms with E-state index in [0.717, 1.165) is 0 Å². The lowest BCUT2D eigenvalue weighted by atomic mass is 10.1. The van der Waals surface area contributed by atoms with Crippen LogP contribution in [0.4, 0.5) is 10.3 Å². The van der Waals surface area contributed by atoms with E-state index in [-0.39, 0.29) is 17.8 Å². The standard InChI is InChI=1S/C23H25FN4O/c1-17(2)28(16-18-8-4-3-5-9-18)23-26-14-20(15-27-23)22(29)25-13-12-19-10-6-7-11-21(19)24/h3-11,14-15,17H,12-13,16H2,1-2H3,(H,25,29). The molecule has 1 heterocycles. The van der Waals surface area contributed by atoms with E-state index in [9.17, 15) is 9.18 Å². The van der Waals surface area contributed by atoms with Crippen molar-refractivity contribution in [3.05, 3.63) is 89.5 Å². The molecule has 0 radical (unpaired) electrons. The molecule has 0 saturated carbocycles. The van der Waals surface area contributed by atoms with Gasteiger partial charge in [-0.05, 0) is 37.5 Å². The third kappa shape index (κ3) is 5.60. The van der Waals surface area contributed by atoms with Gasteiger partial charge in [0.05, 0.1) is 5.56 Å². The molecule has 150 valence electrons. The summed E-state index contributed by atoms with van der Waals surface area (Å²) >= 11 is 0. The molecule has 1 aromatic heterocycles. The molecule has 0 aliphatic rings. The average molecular weight is 392 g/mol. The summed E-state index contributed by atoms with van der Waals surface area (Å²) in [6.45, 7) is 5.19. The van der Waals surface area contributed by atoms with Crippen molar-refractivity contribution in [1.82, 2.24) is 15.3 Å². The van der Waals surface area contributed by atoms with E-state index in [4.69, 9.17) is 0 Å². The zero-order chi connectivity index (χ0) is 20.6. The normalized spacial score (nSPS) is 10.8. The van der Waals surface area contributed by atoms with Crippen LogP contribution >= 0.6 is 0 Å². The van der Waals surface area contributed by atoms with Gasteiger partial charge in [-0.2, -0.15) is 0 Å². The number of anilines is 1. The van der Waals surface area contributed by atoms with E-state index in [1.807, 2.05) is 18.2 Å². The first-order valence-electron chi connectivity index (χ1n) is 9.69. The maximum atomic E-state index is 13.6. The van der Waals surface area contributed by atoms with E-state index in [1.165, 1.54) is 24.0 Å². The van der Waals surface area contributed by atoms with Crippen molar-refractivity contribution in [3.63, 3.8) is 0 Å².